The van der Waals surface area contributed by atoms with E-state index in [9.17, 15) is 22.0 Å². The molecule has 5 rings (SSSR count). The molecule has 194 valence electrons. The highest BCUT2D eigenvalue weighted by molar-refractivity contribution is 5.67. The molecule has 0 atom stereocenters. The lowest BCUT2D eigenvalue weighted by Crippen LogP contribution is -2.09. The van der Waals surface area contributed by atoms with Crippen LogP contribution in [0, 0.1) is 11.6 Å². The Morgan fingerprint density at radius 3 is 2.45 bits per heavy atom. The minimum absolute atomic E-state index is 0.0363. The van der Waals surface area contributed by atoms with E-state index in [1.807, 2.05) is 6.92 Å². The predicted molar refractivity (Wildman–Crippen MR) is 129 cm³/mol. The monoisotopic (exact) mass is 525 g/mol. The van der Waals surface area contributed by atoms with Crippen molar-refractivity contribution in [2.75, 3.05) is 6.61 Å². The standard InChI is InChI=1S/C27H20F5N5O/c1-2-10-38-17-7-8-18(20(11-17)27(30,31)32)22-9-6-16(12-33-22)14-37-15-24-23(13-34-37)35-26(36-24)19-4-3-5-21(28)25(19)29/h3-9,11-13,15H,2,10,14H2,1H3. The van der Waals surface area contributed by atoms with Crippen molar-refractivity contribution in [2.45, 2.75) is 26.1 Å². The van der Waals surface area contributed by atoms with Crippen LogP contribution in [0.25, 0.3) is 34.0 Å². The van der Waals surface area contributed by atoms with Crippen LogP contribution in [0.2, 0.25) is 0 Å². The lowest BCUT2D eigenvalue weighted by molar-refractivity contribution is -0.137. The number of hydrogen-bond acceptors (Lipinski definition) is 5. The second-order valence-electron chi connectivity index (χ2n) is 8.50. The molecule has 0 saturated heterocycles. The third-order valence-corrected chi connectivity index (χ3v) is 5.72. The van der Waals surface area contributed by atoms with Gasteiger partial charge in [0, 0.05) is 11.8 Å². The molecule has 11 heteroatoms. The van der Waals surface area contributed by atoms with Crippen molar-refractivity contribution in [3.8, 4) is 39.8 Å². The topological polar surface area (TPSA) is 65.7 Å². The molecular weight excluding hydrogens is 505 g/mol. The molecule has 38 heavy (non-hydrogen) atoms. The van der Waals surface area contributed by atoms with Gasteiger partial charge in [-0.2, -0.15) is 18.3 Å². The van der Waals surface area contributed by atoms with Crippen LogP contribution in [0.15, 0.2) is 67.1 Å². The number of rotatable bonds is 7. The third-order valence-electron chi connectivity index (χ3n) is 5.72. The molecule has 0 N–H and O–H groups in total. The normalized spacial score (nSPS) is 11.7. The SMILES string of the molecule is CCCOc1ccc(-c2ccc(Cn3cc4nc(-c5cccc(F)c5F)nc-4cn3)cn2)c(C(F)(F)F)c1. The lowest BCUT2D eigenvalue weighted by Gasteiger charge is -2.15. The molecule has 2 aliphatic heterocycles. The average molecular weight is 525 g/mol. The summed E-state index contributed by atoms with van der Waals surface area (Å²) in [6, 6.07) is 10.8. The number of halogens is 5. The minimum Gasteiger partial charge on any atom is -0.494 e. The van der Waals surface area contributed by atoms with E-state index in [2.05, 4.69) is 20.1 Å². The number of benzene rings is 2. The summed E-state index contributed by atoms with van der Waals surface area (Å²) in [5.41, 5.74) is 0.731. The van der Waals surface area contributed by atoms with E-state index in [0.717, 1.165) is 12.1 Å². The van der Waals surface area contributed by atoms with Crippen LogP contribution < -0.4 is 4.74 Å². The number of nitrogens with zero attached hydrogens (tertiary/aromatic N) is 5. The highest BCUT2D eigenvalue weighted by atomic mass is 19.4. The second-order valence-corrected chi connectivity index (χ2v) is 8.50. The van der Waals surface area contributed by atoms with Gasteiger partial charge in [-0.25, -0.2) is 18.7 Å². The fraction of sp³-hybridized carbons (Fsp3) is 0.185. The van der Waals surface area contributed by atoms with Gasteiger partial charge in [0.2, 0.25) is 0 Å². The van der Waals surface area contributed by atoms with Crippen LogP contribution in [0.4, 0.5) is 22.0 Å². The van der Waals surface area contributed by atoms with Crippen molar-refractivity contribution in [2.24, 2.45) is 0 Å². The third kappa shape index (κ3) is 5.17. The molecule has 2 aromatic carbocycles. The summed E-state index contributed by atoms with van der Waals surface area (Å²) < 4.78 is 75.9. The zero-order chi connectivity index (χ0) is 26.9. The summed E-state index contributed by atoms with van der Waals surface area (Å²) in [7, 11) is 0. The molecule has 2 aliphatic rings. The first-order valence-corrected chi connectivity index (χ1v) is 11.7. The van der Waals surface area contributed by atoms with Crippen LogP contribution >= 0.6 is 0 Å². The van der Waals surface area contributed by atoms with Gasteiger partial charge in [-0.1, -0.05) is 19.1 Å². The lowest BCUT2D eigenvalue weighted by atomic mass is 10.0. The molecule has 0 unspecified atom stereocenters. The fourth-order valence-electron chi connectivity index (χ4n) is 3.90. The highest BCUT2D eigenvalue weighted by Crippen LogP contribution is 2.38. The molecular formula is C27H20F5N5O. The molecule has 0 saturated carbocycles. The van der Waals surface area contributed by atoms with Gasteiger partial charge >= 0.3 is 6.18 Å². The Hall–Kier alpha value is -4.41. The number of aromatic nitrogens is 5. The summed E-state index contributed by atoms with van der Waals surface area (Å²) in [6.45, 7) is 2.44. The Bertz CT molecular complexity index is 1550. The molecule has 0 bridgehead atoms. The fourth-order valence-corrected chi connectivity index (χ4v) is 3.90. The molecule has 0 amide bonds. The van der Waals surface area contributed by atoms with E-state index >= 15 is 0 Å². The van der Waals surface area contributed by atoms with Gasteiger partial charge < -0.3 is 4.74 Å². The van der Waals surface area contributed by atoms with Crippen LogP contribution in [-0.2, 0) is 12.7 Å². The summed E-state index contributed by atoms with van der Waals surface area (Å²) in [5.74, 6) is -1.85. The average Bonchev–Trinajstić information content (AvgIpc) is 3.32. The van der Waals surface area contributed by atoms with Gasteiger partial charge in [0.15, 0.2) is 17.5 Å². The van der Waals surface area contributed by atoms with Gasteiger partial charge in [-0.05, 0) is 48.4 Å². The summed E-state index contributed by atoms with van der Waals surface area (Å²) in [4.78, 5) is 12.8. The van der Waals surface area contributed by atoms with E-state index in [0.29, 0.717) is 30.0 Å². The van der Waals surface area contributed by atoms with Gasteiger partial charge in [0.05, 0.1) is 42.4 Å². The second kappa shape index (κ2) is 10.2. The Balaban J connectivity index is 1.38. The summed E-state index contributed by atoms with van der Waals surface area (Å²) in [5, 5.41) is 4.27. The molecule has 0 spiro atoms. The Morgan fingerprint density at radius 2 is 1.71 bits per heavy atom. The van der Waals surface area contributed by atoms with Crippen LogP contribution in [0.1, 0.15) is 24.5 Å². The van der Waals surface area contributed by atoms with Crippen molar-refractivity contribution in [1.29, 1.82) is 0 Å². The van der Waals surface area contributed by atoms with Gasteiger partial charge in [0.1, 0.15) is 17.1 Å². The molecule has 0 fully saturated rings. The number of hydrogen-bond donors (Lipinski definition) is 0. The van der Waals surface area contributed by atoms with Crippen molar-refractivity contribution in [1.82, 2.24) is 24.7 Å². The maximum Gasteiger partial charge on any atom is 0.417 e. The maximum atomic E-state index is 14.1. The maximum absolute atomic E-state index is 14.1. The van der Waals surface area contributed by atoms with Crippen molar-refractivity contribution >= 4 is 0 Å². The van der Waals surface area contributed by atoms with Crippen LogP contribution in [-0.4, -0.2) is 31.3 Å². The Morgan fingerprint density at radius 1 is 0.895 bits per heavy atom. The summed E-state index contributed by atoms with van der Waals surface area (Å²) >= 11 is 0. The number of ether oxygens (including phenoxy) is 1. The number of alkyl halides is 3. The first-order chi connectivity index (χ1) is 18.2. The highest BCUT2D eigenvalue weighted by Gasteiger charge is 2.34. The zero-order valence-corrected chi connectivity index (χ0v) is 20.0. The Kier molecular flexibility index (Phi) is 6.75. The van der Waals surface area contributed by atoms with E-state index in [4.69, 9.17) is 4.74 Å². The van der Waals surface area contributed by atoms with Gasteiger partial charge in [-0.3, -0.25) is 9.67 Å². The number of fused-ring (bicyclic) bond motifs is 1. The number of imidazole rings is 1. The first-order valence-electron chi connectivity index (χ1n) is 11.7. The largest absolute Gasteiger partial charge is 0.494 e. The molecule has 0 radical (unpaired) electrons. The van der Waals surface area contributed by atoms with E-state index in [1.165, 1.54) is 42.7 Å². The van der Waals surface area contributed by atoms with Gasteiger partial charge in [0.25, 0.3) is 0 Å². The van der Waals surface area contributed by atoms with E-state index < -0.39 is 23.4 Å². The first kappa shape index (κ1) is 25.2. The molecule has 6 nitrogen and oxygen atoms in total. The minimum atomic E-state index is -4.58. The summed E-state index contributed by atoms with van der Waals surface area (Å²) in [6.07, 6.45) is 0.609. The van der Waals surface area contributed by atoms with Crippen molar-refractivity contribution in [3.05, 3.63) is 89.9 Å². The van der Waals surface area contributed by atoms with Gasteiger partial charge in [-0.15, -0.1) is 0 Å². The van der Waals surface area contributed by atoms with Crippen molar-refractivity contribution in [3.63, 3.8) is 0 Å². The van der Waals surface area contributed by atoms with Crippen molar-refractivity contribution < 1.29 is 26.7 Å². The van der Waals surface area contributed by atoms with Crippen LogP contribution in [0.3, 0.4) is 0 Å². The van der Waals surface area contributed by atoms with E-state index in [1.54, 1.807) is 16.9 Å². The Labute approximate surface area is 214 Å². The van der Waals surface area contributed by atoms with E-state index in [-0.39, 0.29) is 34.9 Å². The van der Waals surface area contributed by atoms with Crippen LogP contribution in [0.5, 0.6) is 5.75 Å². The molecule has 3 heterocycles. The smallest absolute Gasteiger partial charge is 0.417 e. The quantitative estimate of drug-likeness (QED) is 0.223. The number of pyridine rings is 1. The predicted octanol–water partition coefficient (Wildman–Crippen LogP) is 6.64. The molecule has 0 aliphatic carbocycles. The zero-order valence-electron chi connectivity index (χ0n) is 20.0. The molecule has 3 aromatic rings. The molecule has 1 aromatic heterocycles.